The summed E-state index contributed by atoms with van der Waals surface area (Å²) < 4.78 is 7.17. The van der Waals surface area contributed by atoms with Crippen molar-refractivity contribution in [2.75, 3.05) is 17.9 Å². The highest BCUT2D eigenvalue weighted by molar-refractivity contribution is 8.00. The van der Waals surface area contributed by atoms with Crippen molar-refractivity contribution in [1.82, 2.24) is 14.9 Å². The number of thioether (sulfide) groups is 1. The molecule has 9 heteroatoms. The van der Waals surface area contributed by atoms with Gasteiger partial charge in [0.15, 0.2) is 5.82 Å². The minimum Gasteiger partial charge on any atom is -0.497 e. The standard InChI is InChI=1S/C21H22ClN5O2S/c1-3-4-17-24-25-21-27(17)26-18(13-5-11-16(29-2)12-6-13)19(30-21)20(28)23-15-9-7-14(22)8-10-15/h5-12,18-19,26H,3-4H2,1-2H3,(H,23,28)/t18-,19-/m1/s1. The molecule has 1 aliphatic heterocycles. The van der Waals surface area contributed by atoms with Crippen LogP contribution in [0.2, 0.25) is 5.02 Å². The van der Waals surface area contributed by atoms with Gasteiger partial charge in [-0.2, -0.15) is 0 Å². The first-order chi connectivity index (χ1) is 14.6. The second kappa shape index (κ2) is 8.97. The first kappa shape index (κ1) is 20.6. The monoisotopic (exact) mass is 443 g/mol. The lowest BCUT2D eigenvalue weighted by Gasteiger charge is -2.33. The van der Waals surface area contributed by atoms with Gasteiger partial charge in [-0.1, -0.05) is 42.4 Å². The molecule has 2 heterocycles. The van der Waals surface area contributed by atoms with Gasteiger partial charge >= 0.3 is 0 Å². The van der Waals surface area contributed by atoms with E-state index in [1.165, 1.54) is 11.8 Å². The van der Waals surface area contributed by atoms with Crippen LogP contribution in [-0.2, 0) is 11.2 Å². The molecule has 156 valence electrons. The fraction of sp³-hybridized carbons (Fsp3) is 0.286. The van der Waals surface area contributed by atoms with Gasteiger partial charge in [0.1, 0.15) is 11.0 Å². The Bertz CT molecular complexity index is 1020. The van der Waals surface area contributed by atoms with Gasteiger partial charge in [0.2, 0.25) is 11.1 Å². The Morgan fingerprint density at radius 1 is 1.20 bits per heavy atom. The molecule has 1 amide bonds. The number of aryl methyl sites for hydroxylation is 1. The van der Waals surface area contributed by atoms with Crippen molar-refractivity contribution in [1.29, 1.82) is 0 Å². The predicted molar refractivity (Wildman–Crippen MR) is 119 cm³/mol. The lowest BCUT2D eigenvalue weighted by molar-refractivity contribution is -0.116. The van der Waals surface area contributed by atoms with Crippen LogP contribution in [0, 0.1) is 0 Å². The SMILES string of the molecule is CCCc1nnc2n1N[C@H](c1ccc(OC)cc1)[C@H](C(=O)Nc1ccc(Cl)cc1)S2. The van der Waals surface area contributed by atoms with E-state index < -0.39 is 5.25 Å². The number of hydrogen-bond donors (Lipinski definition) is 2. The third kappa shape index (κ3) is 4.24. The lowest BCUT2D eigenvalue weighted by Crippen LogP contribution is -2.41. The van der Waals surface area contributed by atoms with Crippen molar-refractivity contribution >= 4 is 35.0 Å². The first-order valence-electron chi connectivity index (χ1n) is 9.67. The molecule has 2 atom stereocenters. The molecule has 3 aromatic rings. The molecule has 0 spiro atoms. The largest absolute Gasteiger partial charge is 0.497 e. The summed E-state index contributed by atoms with van der Waals surface area (Å²) in [6, 6.07) is 14.5. The van der Waals surface area contributed by atoms with E-state index in [9.17, 15) is 4.79 Å². The number of halogens is 1. The van der Waals surface area contributed by atoms with Crippen molar-refractivity contribution in [2.45, 2.75) is 36.2 Å². The van der Waals surface area contributed by atoms with Crippen molar-refractivity contribution in [3.63, 3.8) is 0 Å². The van der Waals surface area contributed by atoms with E-state index in [1.54, 1.807) is 31.4 Å². The molecule has 1 aliphatic rings. The third-order valence-electron chi connectivity index (χ3n) is 4.82. The molecular formula is C21H22ClN5O2S. The molecule has 1 aromatic heterocycles. The van der Waals surface area contributed by atoms with Crippen molar-refractivity contribution in [2.24, 2.45) is 0 Å². The number of ether oxygens (including phenoxy) is 1. The van der Waals surface area contributed by atoms with Gasteiger partial charge in [-0.3, -0.25) is 4.79 Å². The number of hydrogen-bond acceptors (Lipinski definition) is 6. The summed E-state index contributed by atoms with van der Waals surface area (Å²) in [6.45, 7) is 2.10. The Morgan fingerprint density at radius 2 is 1.93 bits per heavy atom. The van der Waals surface area contributed by atoms with E-state index in [0.717, 1.165) is 30.0 Å². The van der Waals surface area contributed by atoms with E-state index in [1.807, 2.05) is 28.9 Å². The second-order valence-corrected chi connectivity index (χ2v) is 8.44. The van der Waals surface area contributed by atoms with Crippen LogP contribution in [0.5, 0.6) is 5.75 Å². The van der Waals surface area contributed by atoms with Crippen molar-refractivity contribution in [3.8, 4) is 5.75 Å². The van der Waals surface area contributed by atoms with E-state index >= 15 is 0 Å². The topological polar surface area (TPSA) is 81.1 Å². The smallest absolute Gasteiger partial charge is 0.240 e. The Kier molecular flexibility index (Phi) is 6.15. The molecule has 0 bridgehead atoms. The summed E-state index contributed by atoms with van der Waals surface area (Å²) >= 11 is 7.36. The van der Waals surface area contributed by atoms with Crippen LogP contribution in [0.15, 0.2) is 53.7 Å². The Morgan fingerprint density at radius 3 is 2.60 bits per heavy atom. The highest BCUT2D eigenvalue weighted by atomic mass is 35.5. The number of nitrogens with zero attached hydrogens (tertiary/aromatic N) is 3. The number of methoxy groups -OCH3 is 1. The number of amides is 1. The van der Waals surface area contributed by atoms with Crippen LogP contribution in [0.25, 0.3) is 0 Å². The summed E-state index contributed by atoms with van der Waals surface area (Å²) in [6.07, 6.45) is 1.76. The maximum Gasteiger partial charge on any atom is 0.240 e. The fourth-order valence-corrected chi connectivity index (χ4v) is 4.52. The quantitative estimate of drug-likeness (QED) is 0.591. The Balaban J connectivity index is 1.65. The minimum absolute atomic E-state index is 0.123. The van der Waals surface area contributed by atoms with Crippen LogP contribution in [0.3, 0.4) is 0 Å². The average molecular weight is 444 g/mol. The molecule has 0 radical (unpaired) electrons. The van der Waals surface area contributed by atoms with Gasteiger partial charge in [0.05, 0.1) is 13.2 Å². The number of anilines is 1. The molecule has 0 aliphatic carbocycles. The molecule has 2 aromatic carbocycles. The maximum absolute atomic E-state index is 13.2. The molecule has 0 saturated carbocycles. The number of benzene rings is 2. The number of carbonyl (C=O) groups excluding carboxylic acids is 1. The molecule has 7 nitrogen and oxygen atoms in total. The van der Waals surface area contributed by atoms with E-state index in [2.05, 4.69) is 27.9 Å². The summed E-state index contributed by atoms with van der Waals surface area (Å²) in [5, 5.41) is 12.4. The number of fused-ring (bicyclic) bond motifs is 1. The van der Waals surface area contributed by atoms with E-state index in [0.29, 0.717) is 15.9 Å². The van der Waals surface area contributed by atoms with Crippen LogP contribution in [-0.4, -0.2) is 33.1 Å². The normalized spacial score (nSPS) is 17.7. The zero-order chi connectivity index (χ0) is 21.1. The zero-order valence-electron chi connectivity index (χ0n) is 16.6. The van der Waals surface area contributed by atoms with Gasteiger partial charge in [-0.25, -0.2) is 4.68 Å². The Hall–Kier alpha value is -2.71. The van der Waals surface area contributed by atoms with Gasteiger partial charge in [-0.15, -0.1) is 10.2 Å². The second-order valence-electron chi connectivity index (χ2n) is 6.90. The van der Waals surface area contributed by atoms with Crippen LogP contribution in [0.4, 0.5) is 5.69 Å². The van der Waals surface area contributed by atoms with Crippen LogP contribution >= 0.6 is 23.4 Å². The predicted octanol–water partition coefficient (Wildman–Crippen LogP) is 4.29. The molecule has 0 unspecified atom stereocenters. The summed E-state index contributed by atoms with van der Waals surface area (Å²) in [5.74, 6) is 1.50. The average Bonchev–Trinajstić information content (AvgIpc) is 3.16. The number of carbonyl (C=O) groups is 1. The zero-order valence-corrected chi connectivity index (χ0v) is 18.2. The summed E-state index contributed by atoms with van der Waals surface area (Å²) in [5.41, 5.74) is 5.12. The lowest BCUT2D eigenvalue weighted by atomic mass is 10.0. The molecular weight excluding hydrogens is 422 g/mol. The minimum atomic E-state index is -0.444. The van der Waals surface area contributed by atoms with Crippen LogP contribution in [0.1, 0.15) is 30.8 Å². The summed E-state index contributed by atoms with van der Waals surface area (Å²) in [7, 11) is 1.63. The molecule has 0 fully saturated rings. The molecule has 0 saturated heterocycles. The van der Waals surface area contributed by atoms with Gasteiger partial charge in [0, 0.05) is 17.1 Å². The van der Waals surface area contributed by atoms with Gasteiger partial charge in [0.25, 0.3) is 0 Å². The van der Waals surface area contributed by atoms with Crippen LogP contribution < -0.4 is 15.5 Å². The molecule has 2 N–H and O–H groups in total. The Labute approximate surface area is 184 Å². The number of nitrogens with one attached hydrogen (secondary N) is 2. The fourth-order valence-electron chi connectivity index (χ4n) is 3.29. The van der Waals surface area contributed by atoms with Crippen molar-refractivity contribution in [3.05, 3.63) is 64.9 Å². The first-order valence-corrected chi connectivity index (χ1v) is 10.9. The number of aromatic nitrogens is 3. The summed E-state index contributed by atoms with van der Waals surface area (Å²) in [4.78, 5) is 13.2. The molecule has 4 rings (SSSR count). The molecule has 30 heavy (non-hydrogen) atoms. The number of rotatable bonds is 6. The van der Waals surface area contributed by atoms with E-state index in [4.69, 9.17) is 16.3 Å². The third-order valence-corrected chi connectivity index (χ3v) is 6.29. The van der Waals surface area contributed by atoms with E-state index in [-0.39, 0.29) is 11.9 Å². The van der Waals surface area contributed by atoms with Gasteiger partial charge in [-0.05, 0) is 48.4 Å². The maximum atomic E-state index is 13.2. The van der Waals surface area contributed by atoms with Crippen molar-refractivity contribution < 1.29 is 9.53 Å². The van der Waals surface area contributed by atoms with Gasteiger partial charge < -0.3 is 15.5 Å². The highest BCUT2D eigenvalue weighted by Crippen LogP contribution is 2.38. The highest BCUT2D eigenvalue weighted by Gasteiger charge is 2.37.